The topological polar surface area (TPSA) is 84.5 Å². The average molecular weight is 435 g/mol. The van der Waals surface area contributed by atoms with Gasteiger partial charge in [-0.15, -0.1) is 0 Å². The smallest absolute Gasteiger partial charge is 0.234 e. The largest absolute Gasteiger partial charge is 0.380 e. The number of likely N-dealkylation sites (tertiary alicyclic amines) is 1. The zero-order valence-electron chi connectivity index (χ0n) is 19.1. The minimum atomic E-state index is -1.20. The summed E-state index contributed by atoms with van der Waals surface area (Å²) in [6, 6.07) is 10.3. The maximum absolute atomic E-state index is 12.3. The Labute approximate surface area is 188 Å². The lowest BCUT2D eigenvalue weighted by Crippen LogP contribution is -2.63. The van der Waals surface area contributed by atoms with Crippen molar-refractivity contribution < 1.29 is 14.4 Å². The highest BCUT2D eigenvalue weighted by atomic mass is 16.5. The second kappa shape index (κ2) is 7.76. The molecule has 0 radical (unpaired) electrons. The molecule has 0 amide bonds. The van der Waals surface area contributed by atoms with Crippen molar-refractivity contribution in [2.75, 3.05) is 33.4 Å². The molecule has 7 heteroatoms. The Morgan fingerprint density at radius 3 is 2.44 bits per heavy atom. The van der Waals surface area contributed by atoms with Gasteiger partial charge in [0.1, 0.15) is 5.60 Å². The summed E-state index contributed by atoms with van der Waals surface area (Å²) in [5, 5.41) is 16.5. The first kappa shape index (κ1) is 21.2. The molecular formula is C25H30N4O3. The molecule has 7 nitrogen and oxygen atoms in total. The first-order valence-corrected chi connectivity index (χ1v) is 11.2. The standard InChI is InChI=1S/C25H30N4O3/c1-16(2)17-5-7-20(8-6-17)25(30,24(3)14-29(4)15-24)21-9-18(10-26-11-21)22-27-23(32-28-22)19-12-31-13-19/h5-11,16,19,30H,12-15H2,1-4H3/t25-/m0/s1. The first-order chi connectivity index (χ1) is 15.3. The molecule has 2 saturated heterocycles. The van der Waals surface area contributed by atoms with Crippen LogP contribution in [-0.4, -0.2) is 58.5 Å². The van der Waals surface area contributed by atoms with Gasteiger partial charge in [0, 0.05) is 42.0 Å². The highest BCUT2D eigenvalue weighted by molar-refractivity contribution is 5.56. The van der Waals surface area contributed by atoms with Gasteiger partial charge < -0.3 is 19.3 Å². The Morgan fingerprint density at radius 1 is 1.12 bits per heavy atom. The molecule has 0 aliphatic carbocycles. The van der Waals surface area contributed by atoms with Gasteiger partial charge in [-0.05, 0) is 30.2 Å². The van der Waals surface area contributed by atoms with E-state index in [1.165, 1.54) is 5.56 Å². The molecule has 32 heavy (non-hydrogen) atoms. The summed E-state index contributed by atoms with van der Waals surface area (Å²) in [6.45, 7) is 9.27. The van der Waals surface area contributed by atoms with E-state index in [1.54, 1.807) is 12.4 Å². The molecule has 2 aromatic heterocycles. The summed E-state index contributed by atoms with van der Waals surface area (Å²) >= 11 is 0. The van der Waals surface area contributed by atoms with E-state index < -0.39 is 5.60 Å². The summed E-state index contributed by atoms with van der Waals surface area (Å²) in [4.78, 5) is 11.2. The van der Waals surface area contributed by atoms with Crippen LogP contribution in [0.15, 0.2) is 47.2 Å². The summed E-state index contributed by atoms with van der Waals surface area (Å²) in [6.07, 6.45) is 3.47. The third-order valence-electron chi connectivity index (χ3n) is 6.95. The van der Waals surface area contributed by atoms with Crippen LogP contribution in [0, 0.1) is 5.41 Å². The van der Waals surface area contributed by atoms with Crippen LogP contribution >= 0.6 is 0 Å². The molecule has 1 atom stereocenters. The van der Waals surface area contributed by atoms with Crippen molar-refractivity contribution in [1.82, 2.24) is 20.0 Å². The van der Waals surface area contributed by atoms with Crippen LogP contribution in [0.4, 0.5) is 0 Å². The Balaban J connectivity index is 1.56. The van der Waals surface area contributed by atoms with Crippen LogP contribution in [0.5, 0.6) is 0 Å². The number of nitrogens with zero attached hydrogens (tertiary/aromatic N) is 4. The van der Waals surface area contributed by atoms with Crippen LogP contribution in [0.2, 0.25) is 0 Å². The molecule has 0 unspecified atom stereocenters. The predicted molar refractivity (Wildman–Crippen MR) is 120 cm³/mol. The Hall–Kier alpha value is -2.61. The first-order valence-electron chi connectivity index (χ1n) is 11.2. The SMILES string of the molecule is CC(C)c1ccc([C@](O)(c2cncc(-c3noc(C4COC4)n3)c2)C2(C)CN(C)C2)cc1. The minimum absolute atomic E-state index is 0.160. The normalized spacial score (nSPS) is 20.6. The molecule has 2 aliphatic heterocycles. The molecular weight excluding hydrogens is 404 g/mol. The minimum Gasteiger partial charge on any atom is -0.380 e. The number of rotatable bonds is 6. The van der Waals surface area contributed by atoms with Crippen molar-refractivity contribution in [1.29, 1.82) is 0 Å². The summed E-state index contributed by atoms with van der Waals surface area (Å²) in [7, 11) is 2.07. The van der Waals surface area contributed by atoms with Crippen LogP contribution in [0.3, 0.4) is 0 Å². The molecule has 168 valence electrons. The highest BCUT2D eigenvalue weighted by Crippen LogP contribution is 2.50. The van der Waals surface area contributed by atoms with Gasteiger partial charge in [0.25, 0.3) is 0 Å². The van der Waals surface area contributed by atoms with Gasteiger partial charge in [-0.2, -0.15) is 4.98 Å². The van der Waals surface area contributed by atoms with Crippen LogP contribution < -0.4 is 0 Å². The van der Waals surface area contributed by atoms with Gasteiger partial charge in [-0.25, -0.2) is 0 Å². The predicted octanol–water partition coefficient (Wildman–Crippen LogP) is 3.56. The van der Waals surface area contributed by atoms with Crippen molar-refractivity contribution in [3.05, 3.63) is 65.3 Å². The Kier molecular flexibility index (Phi) is 5.15. The van der Waals surface area contributed by atoms with E-state index in [-0.39, 0.29) is 11.3 Å². The third-order valence-corrected chi connectivity index (χ3v) is 6.95. The molecule has 0 spiro atoms. The second-order valence-electron chi connectivity index (χ2n) is 9.87. The summed E-state index contributed by atoms with van der Waals surface area (Å²) in [5.74, 6) is 1.66. The molecule has 0 bridgehead atoms. The van der Waals surface area contributed by atoms with Crippen molar-refractivity contribution in [2.24, 2.45) is 5.41 Å². The maximum atomic E-state index is 12.3. The van der Waals surface area contributed by atoms with Crippen molar-refractivity contribution >= 4 is 0 Å². The number of hydrogen-bond donors (Lipinski definition) is 1. The van der Waals surface area contributed by atoms with Crippen LogP contribution in [-0.2, 0) is 10.3 Å². The lowest BCUT2D eigenvalue weighted by Gasteiger charge is -2.55. The monoisotopic (exact) mass is 434 g/mol. The van der Waals surface area contributed by atoms with Gasteiger partial charge in [0.2, 0.25) is 11.7 Å². The van der Waals surface area contributed by atoms with Crippen molar-refractivity contribution in [3.8, 4) is 11.4 Å². The summed E-state index contributed by atoms with van der Waals surface area (Å²) in [5.41, 5.74) is 2.03. The fraction of sp³-hybridized carbons (Fsp3) is 0.480. The van der Waals surface area contributed by atoms with Gasteiger partial charge in [0.05, 0.1) is 19.1 Å². The molecule has 2 aliphatic rings. The fourth-order valence-electron chi connectivity index (χ4n) is 5.00. The van der Waals surface area contributed by atoms with Crippen molar-refractivity contribution in [2.45, 2.75) is 38.2 Å². The molecule has 1 N–H and O–H groups in total. The lowest BCUT2D eigenvalue weighted by molar-refractivity contribution is -0.127. The van der Waals surface area contributed by atoms with E-state index in [0.29, 0.717) is 30.8 Å². The number of aromatic nitrogens is 3. The van der Waals surface area contributed by atoms with Crippen LogP contribution in [0.1, 0.15) is 55.2 Å². The fourth-order valence-corrected chi connectivity index (χ4v) is 5.00. The molecule has 0 saturated carbocycles. The maximum Gasteiger partial charge on any atom is 0.234 e. The van der Waals surface area contributed by atoms with E-state index in [2.05, 4.69) is 72.1 Å². The molecule has 5 rings (SSSR count). The van der Waals surface area contributed by atoms with Crippen LogP contribution in [0.25, 0.3) is 11.4 Å². The van der Waals surface area contributed by atoms with E-state index in [1.807, 2.05) is 6.07 Å². The van der Waals surface area contributed by atoms with Crippen molar-refractivity contribution in [3.63, 3.8) is 0 Å². The number of hydrogen-bond acceptors (Lipinski definition) is 7. The Bertz CT molecular complexity index is 1100. The van der Waals surface area contributed by atoms with E-state index in [9.17, 15) is 5.11 Å². The highest BCUT2D eigenvalue weighted by Gasteiger charge is 2.55. The lowest BCUT2D eigenvalue weighted by atomic mass is 9.62. The van der Waals surface area contributed by atoms with Gasteiger partial charge in [-0.3, -0.25) is 4.98 Å². The molecule has 3 aromatic rings. The van der Waals surface area contributed by atoms with E-state index in [0.717, 1.165) is 29.8 Å². The zero-order valence-corrected chi connectivity index (χ0v) is 19.1. The number of aliphatic hydroxyl groups is 1. The van der Waals surface area contributed by atoms with E-state index in [4.69, 9.17) is 9.26 Å². The van der Waals surface area contributed by atoms with Gasteiger partial charge in [-0.1, -0.05) is 50.2 Å². The average Bonchev–Trinajstić information content (AvgIpc) is 3.20. The second-order valence-corrected chi connectivity index (χ2v) is 9.87. The number of pyridine rings is 1. The van der Waals surface area contributed by atoms with Gasteiger partial charge >= 0.3 is 0 Å². The summed E-state index contributed by atoms with van der Waals surface area (Å²) < 4.78 is 10.7. The van der Waals surface area contributed by atoms with E-state index >= 15 is 0 Å². The molecule has 4 heterocycles. The quantitative estimate of drug-likeness (QED) is 0.635. The number of benzene rings is 1. The van der Waals surface area contributed by atoms with Gasteiger partial charge in [0.15, 0.2) is 0 Å². The third kappa shape index (κ3) is 3.36. The molecule has 2 fully saturated rings. The Morgan fingerprint density at radius 2 is 1.84 bits per heavy atom. The molecule has 1 aromatic carbocycles. The number of ether oxygens (including phenoxy) is 1. The zero-order chi connectivity index (χ0) is 22.5.